The van der Waals surface area contributed by atoms with Crippen molar-refractivity contribution in [1.82, 2.24) is 0 Å². The topological polar surface area (TPSA) is 64.9 Å². The SMILES string of the molecule is CCC1(C)CNc2cccc(C#N)c2NC1=O. The number of benzene rings is 1. The molecule has 2 rings (SSSR count). The van der Waals surface area contributed by atoms with Gasteiger partial charge in [-0.2, -0.15) is 5.26 Å². The summed E-state index contributed by atoms with van der Waals surface area (Å²) in [4.78, 5) is 12.1. The third-order valence-electron chi connectivity index (χ3n) is 3.42. The van der Waals surface area contributed by atoms with Crippen LogP contribution in [0, 0.1) is 16.7 Å². The molecule has 2 N–H and O–H groups in total. The molecule has 4 heteroatoms. The molecule has 0 aromatic heterocycles. The number of carbonyl (C=O) groups is 1. The van der Waals surface area contributed by atoms with Crippen molar-refractivity contribution in [3.05, 3.63) is 23.8 Å². The Hall–Kier alpha value is -2.02. The van der Waals surface area contributed by atoms with E-state index in [-0.39, 0.29) is 5.91 Å². The summed E-state index contributed by atoms with van der Waals surface area (Å²) in [6.07, 6.45) is 0.752. The van der Waals surface area contributed by atoms with Crippen LogP contribution in [0.2, 0.25) is 0 Å². The molecule has 0 saturated carbocycles. The number of nitrogens with one attached hydrogen (secondary N) is 2. The van der Waals surface area contributed by atoms with Crippen LogP contribution in [0.25, 0.3) is 0 Å². The van der Waals surface area contributed by atoms with Gasteiger partial charge in [0.1, 0.15) is 6.07 Å². The van der Waals surface area contributed by atoms with Gasteiger partial charge >= 0.3 is 0 Å². The molecule has 1 amide bonds. The quantitative estimate of drug-likeness (QED) is 0.776. The first-order valence-corrected chi connectivity index (χ1v) is 5.69. The summed E-state index contributed by atoms with van der Waals surface area (Å²) >= 11 is 0. The highest BCUT2D eigenvalue weighted by Gasteiger charge is 2.34. The van der Waals surface area contributed by atoms with Gasteiger partial charge < -0.3 is 10.6 Å². The van der Waals surface area contributed by atoms with Crippen LogP contribution in [-0.2, 0) is 4.79 Å². The fraction of sp³-hybridized carbons (Fsp3) is 0.385. The number of para-hydroxylation sites is 1. The average Bonchev–Trinajstić information content (AvgIpc) is 2.48. The first-order chi connectivity index (χ1) is 8.10. The van der Waals surface area contributed by atoms with Gasteiger partial charge in [0.05, 0.1) is 22.4 Å². The van der Waals surface area contributed by atoms with Gasteiger partial charge in [-0.15, -0.1) is 0 Å². The van der Waals surface area contributed by atoms with Crippen molar-refractivity contribution >= 4 is 17.3 Å². The largest absolute Gasteiger partial charge is 0.382 e. The minimum atomic E-state index is -0.439. The van der Waals surface area contributed by atoms with E-state index in [1.807, 2.05) is 26.0 Å². The second kappa shape index (κ2) is 4.10. The van der Waals surface area contributed by atoms with Crippen molar-refractivity contribution in [2.24, 2.45) is 5.41 Å². The molecule has 0 saturated heterocycles. The Morgan fingerprint density at radius 1 is 1.53 bits per heavy atom. The van der Waals surface area contributed by atoms with Crippen LogP contribution in [0.4, 0.5) is 11.4 Å². The maximum absolute atomic E-state index is 12.1. The lowest BCUT2D eigenvalue weighted by Gasteiger charge is -2.23. The molecule has 17 heavy (non-hydrogen) atoms. The smallest absolute Gasteiger partial charge is 0.232 e. The van der Waals surface area contributed by atoms with Crippen molar-refractivity contribution in [2.45, 2.75) is 20.3 Å². The highest BCUT2D eigenvalue weighted by molar-refractivity contribution is 6.01. The van der Waals surface area contributed by atoms with E-state index in [9.17, 15) is 4.79 Å². The van der Waals surface area contributed by atoms with E-state index < -0.39 is 5.41 Å². The lowest BCUT2D eigenvalue weighted by Crippen LogP contribution is -2.36. The van der Waals surface area contributed by atoms with Crippen LogP contribution >= 0.6 is 0 Å². The Balaban J connectivity index is 2.46. The number of nitriles is 1. The number of fused-ring (bicyclic) bond motifs is 1. The van der Waals surface area contributed by atoms with Crippen molar-refractivity contribution < 1.29 is 4.79 Å². The van der Waals surface area contributed by atoms with Crippen molar-refractivity contribution in [3.8, 4) is 6.07 Å². The van der Waals surface area contributed by atoms with Gasteiger partial charge in [0.2, 0.25) is 5.91 Å². The second-order valence-electron chi connectivity index (χ2n) is 4.56. The summed E-state index contributed by atoms with van der Waals surface area (Å²) in [5, 5.41) is 15.1. The fourth-order valence-corrected chi connectivity index (χ4v) is 1.85. The first-order valence-electron chi connectivity index (χ1n) is 5.69. The third kappa shape index (κ3) is 1.84. The van der Waals surface area contributed by atoms with Gasteiger partial charge in [0.25, 0.3) is 0 Å². The number of carbonyl (C=O) groups excluding carboxylic acids is 1. The number of hydrogen-bond acceptors (Lipinski definition) is 3. The van der Waals surface area contributed by atoms with Gasteiger partial charge in [0.15, 0.2) is 0 Å². The summed E-state index contributed by atoms with van der Waals surface area (Å²) in [5.74, 6) is -0.0334. The van der Waals surface area contributed by atoms with Crippen LogP contribution in [0.3, 0.4) is 0 Å². The summed E-state index contributed by atoms with van der Waals surface area (Å²) in [5.41, 5.74) is 1.46. The molecular weight excluding hydrogens is 214 g/mol. The van der Waals surface area contributed by atoms with Gasteiger partial charge in [-0.1, -0.05) is 13.0 Å². The van der Waals surface area contributed by atoms with Gasteiger partial charge in [-0.25, -0.2) is 0 Å². The van der Waals surface area contributed by atoms with Gasteiger partial charge in [-0.3, -0.25) is 4.79 Å². The molecule has 88 valence electrons. The monoisotopic (exact) mass is 229 g/mol. The standard InChI is InChI=1S/C13H15N3O/c1-3-13(2)8-15-10-6-4-5-9(7-14)11(10)16-12(13)17/h4-6,15H,3,8H2,1-2H3,(H,16,17). The number of amides is 1. The first kappa shape index (κ1) is 11.5. The van der Waals surface area contributed by atoms with Crippen LogP contribution in [0.1, 0.15) is 25.8 Å². The molecule has 0 spiro atoms. The molecule has 0 bridgehead atoms. The van der Waals surface area contributed by atoms with Crippen LogP contribution in [-0.4, -0.2) is 12.5 Å². The molecule has 1 aromatic carbocycles. The molecule has 1 unspecified atom stereocenters. The number of nitrogens with zero attached hydrogens (tertiary/aromatic N) is 1. The third-order valence-corrected chi connectivity index (χ3v) is 3.42. The predicted octanol–water partition coefficient (Wildman–Crippen LogP) is 2.34. The average molecular weight is 229 g/mol. The van der Waals surface area contributed by atoms with E-state index in [1.54, 1.807) is 6.07 Å². The van der Waals surface area contributed by atoms with Crippen LogP contribution < -0.4 is 10.6 Å². The number of hydrogen-bond donors (Lipinski definition) is 2. The van der Waals surface area contributed by atoms with E-state index in [2.05, 4.69) is 16.7 Å². The molecule has 1 atom stereocenters. The highest BCUT2D eigenvalue weighted by Crippen LogP contribution is 2.33. The summed E-state index contributed by atoms with van der Waals surface area (Å²) in [7, 11) is 0. The Kier molecular flexibility index (Phi) is 2.76. The lowest BCUT2D eigenvalue weighted by molar-refractivity contribution is -0.124. The van der Waals surface area contributed by atoms with Gasteiger partial charge in [0, 0.05) is 6.54 Å². The molecule has 0 aliphatic carbocycles. The Labute approximate surface area is 101 Å². The van der Waals surface area contributed by atoms with Crippen LogP contribution in [0.5, 0.6) is 0 Å². The number of rotatable bonds is 1. The van der Waals surface area contributed by atoms with E-state index in [0.717, 1.165) is 12.1 Å². The minimum absolute atomic E-state index is 0.0334. The molecule has 1 heterocycles. The highest BCUT2D eigenvalue weighted by atomic mass is 16.2. The molecule has 1 aromatic rings. The molecule has 1 aliphatic rings. The molecular formula is C13H15N3O. The summed E-state index contributed by atoms with van der Waals surface area (Å²) < 4.78 is 0. The zero-order chi connectivity index (χ0) is 12.5. The van der Waals surface area contributed by atoms with Crippen molar-refractivity contribution in [3.63, 3.8) is 0 Å². The van der Waals surface area contributed by atoms with E-state index in [0.29, 0.717) is 17.8 Å². The van der Waals surface area contributed by atoms with E-state index in [4.69, 9.17) is 5.26 Å². The zero-order valence-electron chi connectivity index (χ0n) is 10.0. The normalized spacial score (nSPS) is 22.8. The lowest BCUT2D eigenvalue weighted by atomic mass is 9.86. The summed E-state index contributed by atoms with van der Waals surface area (Å²) in [6.45, 7) is 4.49. The van der Waals surface area contributed by atoms with Crippen molar-refractivity contribution in [1.29, 1.82) is 5.26 Å². The minimum Gasteiger partial charge on any atom is -0.382 e. The Bertz CT molecular complexity index is 504. The molecule has 4 nitrogen and oxygen atoms in total. The molecule has 0 fully saturated rings. The predicted molar refractivity (Wildman–Crippen MR) is 66.7 cm³/mol. The Morgan fingerprint density at radius 3 is 2.94 bits per heavy atom. The van der Waals surface area contributed by atoms with E-state index in [1.165, 1.54) is 0 Å². The fourth-order valence-electron chi connectivity index (χ4n) is 1.85. The summed E-state index contributed by atoms with van der Waals surface area (Å²) in [6, 6.07) is 7.48. The van der Waals surface area contributed by atoms with Crippen molar-refractivity contribution in [2.75, 3.05) is 17.2 Å². The maximum Gasteiger partial charge on any atom is 0.232 e. The molecule has 1 aliphatic heterocycles. The van der Waals surface area contributed by atoms with Crippen LogP contribution in [0.15, 0.2) is 18.2 Å². The van der Waals surface area contributed by atoms with Gasteiger partial charge in [-0.05, 0) is 25.5 Å². The number of anilines is 2. The second-order valence-corrected chi connectivity index (χ2v) is 4.56. The maximum atomic E-state index is 12.1. The Morgan fingerprint density at radius 2 is 2.29 bits per heavy atom. The van der Waals surface area contributed by atoms with E-state index >= 15 is 0 Å². The molecule has 0 radical (unpaired) electrons. The zero-order valence-corrected chi connectivity index (χ0v) is 10.0.